The van der Waals surface area contributed by atoms with Crippen LogP contribution in [0.5, 0.6) is 0 Å². The Labute approximate surface area is 109 Å². The zero-order valence-corrected chi connectivity index (χ0v) is 10.9. The fraction of sp³-hybridized carbons (Fsp3) is 0.273. The van der Waals surface area contributed by atoms with Gasteiger partial charge >= 0.3 is 0 Å². The van der Waals surface area contributed by atoms with E-state index in [2.05, 4.69) is 15.4 Å². The summed E-state index contributed by atoms with van der Waals surface area (Å²) in [5.74, 6) is 5.56. The molecule has 0 amide bonds. The van der Waals surface area contributed by atoms with E-state index in [-0.39, 0.29) is 6.04 Å². The SMILES string of the molecule is Cc1csc(CC(NN)c2ncccc2Cl)n1. The Morgan fingerprint density at radius 1 is 1.59 bits per heavy atom. The fourth-order valence-electron chi connectivity index (χ4n) is 1.56. The Kier molecular flexibility index (Phi) is 4.06. The second-order valence-corrected chi connectivity index (χ2v) is 5.03. The van der Waals surface area contributed by atoms with Crippen LogP contribution in [-0.2, 0) is 6.42 Å². The Morgan fingerprint density at radius 3 is 3.00 bits per heavy atom. The first kappa shape index (κ1) is 12.4. The molecule has 0 spiro atoms. The monoisotopic (exact) mass is 268 g/mol. The first-order valence-corrected chi connectivity index (χ1v) is 6.44. The van der Waals surface area contributed by atoms with Crippen LogP contribution in [0.2, 0.25) is 5.02 Å². The number of nitrogens with two attached hydrogens (primary N) is 1. The second kappa shape index (κ2) is 5.55. The van der Waals surface area contributed by atoms with Crippen molar-refractivity contribution in [3.63, 3.8) is 0 Å². The van der Waals surface area contributed by atoms with Crippen LogP contribution in [0, 0.1) is 6.92 Å². The molecule has 4 nitrogen and oxygen atoms in total. The Bertz CT molecular complexity index is 500. The first-order valence-electron chi connectivity index (χ1n) is 5.18. The highest BCUT2D eigenvalue weighted by atomic mass is 35.5. The third-order valence-corrected chi connectivity index (χ3v) is 3.67. The van der Waals surface area contributed by atoms with Gasteiger partial charge < -0.3 is 0 Å². The van der Waals surface area contributed by atoms with E-state index < -0.39 is 0 Å². The van der Waals surface area contributed by atoms with E-state index in [1.54, 1.807) is 29.7 Å². The average molecular weight is 269 g/mol. The van der Waals surface area contributed by atoms with Crippen molar-refractivity contribution in [1.29, 1.82) is 0 Å². The molecule has 0 fully saturated rings. The highest BCUT2D eigenvalue weighted by Gasteiger charge is 2.16. The van der Waals surface area contributed by atoms with Crippen LogP contribution in [0.3, 0.4) is 0 Å². The van der Waals surface area contributed by atoms with Crippen molar-refractivity contribution in [2.45, 2.75) is 19.4 Å². The van der Waals surface area contributed by atoms with Crippen LogP contribution in [0.25, 0.3) is 0 Å². The van der Waals surface area contributed by atoms with Gasteiger partial charge in [-0.2, -0.15) is 0 Å². The minimum Gasteiger partial charge on any atom is -0.271 e. The van der Waals surface area contributed by atoms with Crippen molar-refractivity contribution in [2.24, 2.45) is 5.84 Å². The summed E-state index contributed by atoms with van der Waals surface area (Å²) in [5.41, 5.74) is 4.51. The van der Waals surface area contributed by atoms with Gasteiger partial charge in [-0.25, -0.2) is 4.98 Å². The summed E-state index contributed by atoms with van der Waals surface area (Å²) in [6.45, 7) is 1.97. The topological polar surface area (TPSA) is 63.8 Å². The smallest absolute Gasteiger partial charge is 0.0948 e. The van der Waals surface area contributed by atoms with E-state index in [1.807, 2.05) is 12.3 Å². The van der Waals surface area contributed by atoms with Crippen LogP contribution < -0.4 is 11.3 Å². The standard InChI is InChI=1S/C11H13ClN4S/c1-7-6-17-10(15-7)5-9(16-13)11-8(12)3-2-4-14-11/h2-4,6,9,16H,5,13H2,1H3. The number of aryl methyl sites for hydroxylation is 1. The molecule has 90 valence electrons. The highest BCUT2D eigenvalue weighted by Crippen LogP contribution is 2.24. The molecule has 0 aliphatic heterocycles. The molecule has 0 radical (unpaired) electrons. The molecule has 0 aliphatic rings. The molecule has 17 heavy (non-hydrogen) atoms. The maximum absolute atomic E-state index is 6.09. The van der Waals surface area contributed by atoms with Crippen molar-refractivity contribution in [3.05, 3.63) is 45.1 Å². The Morgan fingerprint density at radius 2 is 2.41 bits per heavy atom. The molecule has 0 aliphatic carbocycles. The lowest BCUT2D eigenvalue weighted by atomic mass is 10.1. The van der Waals surface area contributed by atoms with E-state index in [0.29, 0.717) is 11.4 Å². The third kappa shape index (κ3) is 3.01. The maximum atomic E-state index is 6.09. The summed E-state index contributed by atoms with van der Waals surface area (Å²) in [5, 5.41) is 3.65. The summed E-state index contributed by atoms with van der Waals surface area (Å²) in [6.07, 6.45) is 2.39. The summed E-state index contributed by atoms with van der Waals surface area (Å²) in [6, 6.07) is 3.49. The lowest BCUT2D eigenvalue weighted by Crippen LogP contribution is -2.30. The van der Waals surface area contributed by atoms with Gasteiger partial charge in [-0.15, -0.1) is 11.3 Å². The molecular formula is C11H13ClN4S. The molecule has 0 saturated carbocycles. The van der Waals surface area contributed by atoms with E-state index in [9.17, 15) is 0 Å². The third-order valence-electron chi connectivity index (χ3n) is 2.36. The summed E-state index contributed by atoms with van der Waals surface area (Å²) in [7, 11) is 0. The normalized spacial score (nSPS) is 12.6. The van der Waals surface area contributed by atoms with E-state index in [4.69, 9.17) is 17.4 Å². The van der Waals surface area contributed by atoms with Crippen molar-refractivity contribution >= 4 is 22.9 Å². The molecule has 0 bridgehead atoms. The summed E-state index contributed by atoms with van der Waals surface area (Å²) >= 11 is 7.71. The van der Waals surface area contributed by atoms with Gasteiger partial charge in [0.25, 0.3) is 0 Å². The van der Waals surface area contributed by atoms with Crippen molar-refractivity contribution in [2.75, 3.05) is 0 Å². The van der Waals surface area contributed by atoms with Gasteiger partial charge in [0.1, 0.15) is 0 Å². The molecule has 1 unspecified atom stereocenters. The second-order valence-electron chi connectivity index (χ2n) is 3.68. The lowest BCUT2D eigenvalue weighted by molar-refractivity contribution is 0.537. The number of halogens is 1. The van der Waals surface area contributed by atoms with Crippen molar-refractivity contribution < 1.29 is 0 Å². The molecule has 0 saturated heterocycles. The molecule has 3 N–H and O–H groups in total. The predicted octanol–water partition coefficient (Wildman–Crippen LogP) is 2.25. The lowest BCUT2D eigenvalue weighted by Gasteiger charge is -2.14. The number of thiazole rings is 1. The molecule has 6 heteroatoms. The number of hydrogen-bond donors (Lipinski definition) is 2. The minimum atomic E-state index is -0.116. The van der Waals surface area contributed by atoms with Gasteiger partial charge in [-0.3, -0.25) is 16.3 Å². The number of nitrogens with one attached hydrogen (secondary N) is 1. The van der Waals surface area contributed by atoms with E-state index >= 15 is 0 Å². The molecule has 0 aromatic carbocycles. The molecule has 2 rings (SSSR count). The fourth-order valence-corrected chi connectivity index (χ4v) is 2.63. The zero-order chi connectivity index (χ0) is 12.3. The predicted molar refractivity (Wildman–Crippen MR) is 69.9 cm³/mol. The average Bonchev–Trinajstić information content (AvgIpc) is 2.73. The molecular weight excluding hydrogens is 256 g/mol. The first-order chi connectivity index (χ1) is 8.20. The maximum Gasteiger partial charge on any atom is 0.0948 e. The zero-order valence-electron chi connectivity index (χ0n) is 9.35. The number of nitrogens with zero attached hydrogens (tertiary/aromatic N) is 2. The number of hydrogen-bond acceptors (Lipinski definition) is 5. The largest absolute Gasteiger partial charge is 0.271 e. The number of rotatable bonds is 4. The van der Waals surface area contributed by atoms with E-state index in [0.717, 1.165) is 16.4 Å². The van der Waals surface area contributed by atoms with Crippen LogP contribution in [0.1, 0.15) is 22.4 Å². The summed E-state index contributed by atoms with van der Waals surface area (Å²) in [4.78, 5) is 8.66. The van der Waals surface area contributed by atoms with E-state index in [1.165, 1.54) is 0 Å². The molecule has 1 atom stereocenters. The Hall–Kier alpha value is -1.01. The van der Waals surface area contributed by atoms with Gasteiger partial charge in [0.15, 0.2) is 0 Å². The Balaban J connectivity index is 2.20. The highest BCUT2D eigenvalue weighted by molar-refractivity contribution is 7.09. The van der Waals surface area contributed by atoms with Gasteiger partial charge in [0.05, 0.1) is 21.8 Å². The number of pyridine rings is 1. The summed E-state index contributed by atoms with van der Waals surface area (Å²) < 4.78 is 0. The van der Waals surface area contributed by atoms with Gasteiger partial charge in [-0.1, -0.05) is 11.6 Å². The number of hydrazine groups is 1. The molecule has 2 aromatic rings. The van der Waals surface area contributed by atoms with Crippen molar-refractivity contribution in [1.82, 2.24) is 15.4 Å². The van der Waals surface area contributed by atoms with Crippen LogP contribution >= 0.6 is 22.9 Å². The quantitative estimate of drug-likeness (QED) is 0.659. The van der Waals surface area contributed by atoms with Gasteiger partial charge in [0.2, 0.25) is 0 Å². The molecule has 2 aromatic heterocycles. The number of aromatic nitrogens is 2. The minimum absolute atomic E-state index is 0.116. The van der Waals surface area contributed by atoms with Crippen molar-refractivity contribution in [3.8, 4) is 0 Å². The van der Waals surface area contributed by atoms with Crippen LogP contribution in [0.15, 0.2) is 23.7 Å². The molecule has 2 heterocycles. The van der Waals surface area contributed by atoms with Crippen LogP contribution in [-0.4, -0.2) is 9.97 Å². The van der Waals surface area contributed by atoms with Gasteiger partial charge in [-0.05, 0) is 19.1 Å². The van der Waals surface area contributed by atoms with Gasteiger partial charge in [0, 0.05) is 23.7 Å². The van der Waals surface area contributed by atoms with Crippen LogP contribution in [0.4, 0.5) is 0 Å².